The number of carbonyl (C=O) groups is 1. The van der Waals surface area contributed by atoms with Crippen LogP contribution >= 0.6 is 0 Å². The highest BCUT2D eigenvalue weighted by Crippen LogP contribution is 2.28. The lowest BCUT2D eigenvalue weighted by Gasteiger charge is -2.36. The summed E-state index contributed by atoms with van der Waals surface area (Å²) >= 11 is 0. The zero-order chi connectivity index (χ0) is 9.26. The Balaban J connectivity index is 2.21. The van der Waals surface area contributed by atoms with Crippen molar-refractivity contribution in [2.45, 2.75) is 25.3 Å². The fourth-order valence-electron chi connectivity index (χ4n) is 1.82. The van der Waals surface area contributed by atoms with E-state index in [0.717, 1.165) is 12.0 Å². The van der Waals surface area contributed by atoms with E-state index < -0.39 is 0 Å². The lowest BCUT2D eigenvalue weighted by Crippen LogP contribution is -2.55. The van der Waals surface area contributed by atoms with Crippen molar-refractivity contribution >= 4 is 5.91 Å². The van der Waals surface area contributed by atoms with E-state index in [0.29, 0.717) is 6.04 Å². The Labute approximate surface area is 78.0 Å². The van der Waals surface area contributed by atoms with Crippen LogP contribution in [0.2, 0.25) is 0 Å². The summed E-state index contributed by atoms with van der Waals surface area (Å²) in [4.78, 5) is 11.3. The molecular weight excluding hydrogens is 162 g/mol. The van der Waals surface area contributed by atoms with Gasteiger partial charge in [-0.05, 0) is 12.0 Å². The first-order chi connectivity index (χ1) is 6.33. The zero-order valence-corrected chi connectivity index (χ0v) is 7.66. The van der Waals surface area contributed by atoms with Crippen LogP contribution in [-0.4, -0.2) is 11.9 Å². The Bertz CT molecular complexity index is 307. The minimum Gasteiger partial charge on any atom is -0.352 e. The van der Waals surface area contributed by atoms with Gasteiger partial charge in [0.05, 0.1) is 5.92 Å². The average Bonchev–Trinajstić information content (AvgIpc) is 2.15. The Morgan fingerprint density at radius 3 is 2.54 bits per heavy atom. The molecule has 1 amide bonds. The third-order valence-corrected chi connectivity index (χ3v) is 2.61. The molecular formula is C11H13NO. The molecule has 1 aliphatic heterocycles. The minimum absolute atomic E-state index is 0.0891. The summed E-state index contributed by atoms with van der Waals surface area (Å²) in [5.74, 6) is 0.254. The highest BCUT2D eigenvalue weighted by Gasteiger charge is 2.38. The van der Waals surface area contributed by atoms with Crippen LogP contribution in [0.3, 0.4) is 0 Å². The quantitative estimate of drug-likeness (QED) is 0.681. The summed E-state index contributed by atoms with van der Waals surface area (Å²) in [5.41, 5.74) is 1.14. The minimum atomic E-state index is 0.0891. The highest BCUT2D eigenvalue weighted by atomic mass is 16.2. The average molecular weight is 175 g/mol. The lowest BCUT2D eigenvalue weighted by atomic mass is 9.83. The molecule has 0 bridgehead atoms. The second-order valence-corrected chi connectivity index (χ2v) is 3.41. The molecule has 1 fully saturated rings. The number of amides is 1. The monoisotopic (exact) mass is 175 g/mol. The number of rotatable bonds is 2. The van der Waals surface area contributed by atoms with E-state index in [9.17, 15) is 4.79 Å². The van der Waals surface area contributed by atoms with Gasteiger partial charge in [0.15, 0.2) is 0 Å². The fraction of sp³-hybridized carbons (Fsp3) is 0.364. The number of hydrogen-bond acceptors (Lipinski definition) is 1. The molecule has 2 heteroatoms. The zero-order valence-electron chi connectivity index (χ0n) is 7.66. The van der Waals surface area contributed by atoms with Crippen LogP contribution in [0.25, 0.3) is 0 Å². The molecule has 0 radical (unpaired) electrons. The molecule has 1 aliphatic rings. The van der Waals surface area contributed by atoms with Gasteiger partial charge < -0.3 is 5.32 Å². The van der Waals surface area contributed by atoms with Crippen LogP contribution in [0.1, 0.15) is 24.8 Å². The van der Waals surface area contributed by atoms with Crippen LogP contribution in [0.4, 0.5) is 0 Å². The van der Waals surface area contributed by atoms with E-state index >= 15 is 0 Å². The van der Waals surface area contributed by atoms with Crippen LogP contribution in [0.5, 0.6) is 0 Å². The summed E-state index contributed by atoms with van der Waals surface area (Å²) < 4.78 is 0. The van der Waals surface area contributed by atoms with E-state index in [2.05, 4.69) is 12.2 Å². The Morgan fingerprint density at radius 1 is 1.31 bits per heavy atom. The van der Waals surface area contributed by atoms with Gasteiger partial charge >= 0.3 is 0 Å². The van der Waals surface area contributed by atoms with Crippen molar-refractivity contribution in [3.63, 3.8) is 0 Å². The normalized spacial score (nSPS) is 26.4. The number of nitrogens with one attached hydrogen (secondary N) is 1. The van der Waals surface area contributed by atoms with Gasteiger partial charge in [0.2, 0.25) is 5.91 Å². The van der Waals surface area contributed by atoms with E-state index in [1.54, 1.807) is 0 Å². The van der Waals surface area contributed by atoms with Crippen LogP contribution in [-0.2, 0) is 4.79 Å². The third kappa shape index (κ3) is 1.32. The van der Waals surface area contributed by atoms with Crippen molar-refractivity contribution in [1.29, 1.82) is 0 Å². The van der Waals surface area contributed by atoms with Crippen molar-refractivity contribution in [3.05, 3.63) is 35.9 Å². The standard InChI is InChI=1S/C11H13NO/c1-2-9-10(11(13)12-9)8-6-4-3-5-7-8/h3-7,9-10H,2H2,1H3,(H,12,13). The highest BCUT2D eigenvalue weighted by molar-refractivity contribution is 5.90. The maximum absolute atomic E-state index is 11.3. The predicted molar refractivity (Wildman–Crippen MR) is 51.4 cm³/mol. The molecule has 1 aromatic carbocycles. The van der Waals surface area contributed by atoms with Gasteiger partial charge in [-0.15, -0.1) is 0 Å². The number of hydrogen-bond donors (Lipinski definition) is 1. The summed E-state index contributed by atoms with van der Waals surface area (Å²) in [6, 6.07) is 10.3. The summed E-state index contributed by atoms with van der Waals surface area (Å²) in [7, 11) is 0. The Hall–Kier alpha value is -1.31. The van der Waals surface area contributed by atoms with Crippen LogP contribution in [0.15, 0.2) is 30.3 Å². The molecule has 0 spiro atoms. The van der Waals surface area contributed by atoms with Crippen molar-refractivity contribution in [3.8, 4) is 0 Å². The molecule has 1 heterocycles. The first kappa shape index (κ1) is 8.30. The van der Waals surface area contributed by atoms with Crippen molar-refractivity contribution in [1.82, 2.24) is 5.32 Å². The molecule has 0 aromatic heterocycles. The van der Waals surface area contributed by atoms with E-state index in [1.807, 2.05) is 30.3 Å². The maximum atomic E-state index is 11.3. The van der Waals surface area contributed by atoms with Crippen molar-refractivity contribution in [2.24, 2.45) is 0 Å². The Kier molecular flexibility index (Phi) is 2.05. The molecule has 2 nitrogen and oxygen atoms in total. The van der Waals surface area contributed by atoms with Gasteiger partial charge in [0, 0.05) is 6.04 Å². The second kappa shape index (κ2) is 3.21. The molecule has 1 N–H and O–H groups in total. The summed E-state index contributed by atoms with van der Waals surface area (Å²) in [6.07, 6.45) is 1.01. The van der Waals surface area contributed by atoms with Gasteiger partial charge in [-0.25, -0.2) is 0 Å². The third-order valence-electron chi connectivity index (χ3n) is 2.61. The molecule has 2 unspecified atom stereocenters. The molecule has 1 aromatic rings. The topological polar surface area (TPSA) is 29.1 Å². The smallest absolute Gasteiger partial charge is 0.229 e. The van der Waals surface area contributed by atoms with Crippen molar-refractivity contribution in [2.75, 3.05) is 0 Å². The first-order valence-corrected chi connectivity index (χ1v) is 4.68. The van der Waals surface area contributed by atoms with Crippen molar-refractivity contribution < 1.29 is 4.79 Å². The van der Waals surface area contributed by atoms with Gasteiger partial charge in [0.1, 0.15) is 0 Å². The molecule has 1 saturated heterocycles. The number of carbonyl (C=O) groups excluding carboxylic acids is 1. The molecule has 0 saturated carbocycles. The SMILES string of the molecule is CCC1NC(=O)C1c1ccccc1. The van der Waals surface area contributed by atoms with Gasteiger partial charge in [-0.3, -0.25) is 4.79 Å². The summed E-state index contributed by atoms with van der Waals surface area (Å²) in [6.45, 7) is 2.10. The van der Waals surface area contributed by atoms with Gasteiger partial charge in [-0.1, -0.05) is 37.3 Å². The Morgan fingerprint density at radius 2 is 2.00 bits per heavy atom. The van der Waals surface area contributed by atoms with Crippen LogP contribution < -0.4 is 5.32 Å². The lowest BCUT2D eigenvalue weighted by molar-refractivity contribution is -0.130. The summed E-state index contributed by atoms with van der Waals surface area (Å²) in [5, 5.41) is 2.90. The first-order valence-electron chi connectivity index (χ1n) is 4.68. The molecule has 68 valence electrons. The predicted octanol–water partition coefficient (Wildman–Crippen LogP) is 1.68. The van der Waals surface area contributed by atoms with E-state index in [4.69, 9.17) is 0 Å². The maximum Gasteiger partial charge on any atom is 0.229 e. The largest absolute Gasteiger partial charge is 0.352 e. The van der Waals surface area contributed by atoms with Gasteiger partial charge in [0.25, 0.3) is 0 Å². The molecule has 2 atom stereocenters. The fourth-order valence-corrected chi connectivity index (χ4v) is 1.82. The van der Waals surface area contributed by atoms with E-state index in [1.165, 1.54) is 0 Å². The van der Waals surface area contributed by atoms with E-state index in [-0.39, 0.29) is 11.8 Å². The molecule has 0 aliphatic carbocycles. The van der Waals surface area contributed by atoms with Gasteiger partial charge in [-0.2, -0.15) is 0 Å². The molecule has 2 rings (SSSR count). The van der Waals surface area contributed by atoms with Crippen LogP contribution in [0, 0.1) is 0 Å². The molecule has 13 heavy (non-hydrogen) atoms. The number of benzene rings is 1. The second-order valence-electron chi connectivity index (χ2n) is 3.41. The number of β-lactam (4-membered cyclic amide) rings is 1.